The summed E-state index contributed by atoms with van der Waals surface area (Å²) in [5.74, 6) is -0.0331. The van der Waals surface area contributed by atoms with E-state index >= 15 is 0 Å². The number of hydrogen-bond acceptors (Lipinski definition) is 4. The molecule has 0 aromatic heterocycles. The van der Waals surface area contributed by atoms with Gasteiger partial charge in [-0.3, -0.25) is 9.69 Å². The van der Waals surface area contributed by atoms with Crippen LogP contribution < -0.4 is 5.32 Å². The van der Waals surface area contributed by atoms with E-state index in [1.165, 1.54) is 5.56 Å². The fourth-order valence-corrected chi connectivity index (χ4v) is 3.93. The van der Waals surface area contributed by atoms with Gasteiger partial charge in [-0.05, 0) is 40.2 Å². The summed E-state index contributed by atoms with van der Waals surface area (Å²) in [6, 6.07) is 10.5. The molecular weight excluding hydrogens is 328 g/mol. The molecular formula is C21H32N2O3. The van der Waals surface area contributed by atoms with Gasteiger partial charge in [0, 0.05) is 26.1 Å². The van der Waals surface area contributed by atoms with Crippen molar-refractivity contribution in [2.75, 3.05) is 6.54 Å². The molecule has 4 atom stereocenters. The Morgan fingerprint density at radius 2 is 1.69 bits per heavy atom. The number of carbonyl (C=O) groups is 1. The van der Waals surface area contributed by atoms with Crippen molar-refractivity contribution < 1.29 is 14.3 Å². The third-order valence-corrected chi connectivity index (χ3v) is 6.13. The largest absolute Gasteiger partial charge is 0.365 e. The molecule has 0 spiro atoms. The van der Waals surface area contributed by atoms with E-state index in [-0.39, 0.29) is 30.2 Å². The van der Waals surface area contributed by atoms with Gasteiger partial charge in [-0.25, -0.2) is 0 Å². The van der Waals surface area contributed by atoms with Gasteiger partial charge in [0.15, 0.2) is 0 Å². The third kappa shape index (κ3) is 3.66. The van der Waals surface area contributed by atoms with Gasteiger partial charge >= 0.3 is 0 Å². The van der Waals surface area contributed by atoms with Gasteiger partial charge in [0.05, 0.1) is 17.2 Å². The van der Waals surface area contributed by atoms with E-state index < -0.39 is 11.2 Å². The number of nitrogens with one attached hydrogen (secondary N) is 1. The molecule has 2 saturated heterocycles. The first kappa shape index (κ1) is 19.3. The zero-order valence-electron chi connectivity index (χ0n) is 16.8. The van der Waals surface area contributed by atoms with Crippen LogP contribution >= 0.6 is 0 Å². The zero-order valence-corrected chi connectivity index (χ0v) is 16.8. The highest BCUT2D eigenvalue weighted by molar-refractivity contribution is 5.73. The van der Waals surface area contributed by atoms with Crippen molar-refractivity contribution in [3.63, 3.8) is 0 Å². The first-order valence-corrected chi connectivity index (χ1v) is 9.51. The molecule has 1 aromatic rings. The lowest BCUT2D eigenvalue weighted by Gasteiger charge is -2.58. The summed E-state index contributed by atoms with van der Waals surface area (Å²) in [5, 5.41) is 3.10. The second-order valence-corrected chi connectivity index (χ2v) is 8.65. The summed E-state index contributed by atoms with van der Waals surface area (Å²) >= 11 is 0. The maximum atomic E-state index is 11.8. The minimum Gasteiger partial charge on any atom is -0.365 e. The van der Waals surface area contributed by atoms with Gasteiger partial charge in [0.2, 0.25) is 5.91 Å². The van der Waals surface area contributed by atoms with E-state index in [4.69, 9.17) is 9.47 Å². The Morgan fingerprint density at radius 3 is 2.27 bits per heavy atom. The van der Waals surface area contributed by atoms with Crippen LogP contribution in [0.3, 0.4) is 0 Å². The van der Waals surface area contributed by atoms with E-state index in [1.54, 1.807) is 6.92 Å². The monoisotopic (exact) mass is 360 g/mol. The number of likely N-dealkylation sites (tertiary alicyclic amines) is 1. The van der Waals surface area contributed by atoms with Crippen molar-refractivity contribution >= 4 is 5.91 Å². The number of rotatable bonds is 3. The molecule has 2 fully saturated rings. The molecule has 5 heteroatoms. The Labute approximate surface area is 157 Å². The van der Waals surface area contributed by atoms with Crippen LogP contribution in [0.1, 0.15) is 47.1 Å². The molecule has 2 aliphatic heterocycles. The third-order valence-electron chi connectivity index (χ3n) is 6.13. The van der Waals surface area contributed by atoms with Crippen molar-refractivity contribution in [3.8, 4) is 0 Å². The maximum Gasteiger partial charge on any atom is 0.217 e. The number of nitrogens with zero attached hydrogens (tertiary/aromatic N) is 1. The first-order chi connectivity index (χ1) is 12.1. The zero-order chi connectivity index (χ0) is 19.1. The van der Waals surface area contributed by atoms with E-state index in [2.05, 4.69) is 69.1 Å². The first-order valence-electron chi connectivity index (χ1n) is 9.51. The number of piperidine rings is 1. The normalized spacial score (nSPS) is 33.3. The molecule has 1 amide bonds. The van der Waals surface area contributed by atoms with Crippen LogP contribution in [0.5, 0.6) is 0 Å². The lowest BCUT2D eigenvalue weighted by atomic mass is 9.82. The van der Waals surface area contributed by atoms with Crippen LogP contribution in [0.2, 0.25) is 0 Å². The SMILES string of the molecule is CC(=O)N[C@H]1CN(Cc2ccccc2)[C@H](C)[C@H]2OC(C)(C)C(C)(C)O[C@@H]21. The van der Waals surface area contributed by atoms with Crippen LogP contribution in [0.15, 0.2) is 30.3 Å². The van der Waals surface area contributed by atoms with E-state index in [0.717, 1.165) is 13.1 Å². The van der Waals surface area contributed by atoms with Gasteiger partial charge in [-0.1, -0.05) is 30.3 Å². The number of benzene rings is 1. The number of ether oxygens (including phenoxy) is 2. The van der Waals surface area contributed by atoms with Crippen LogP contribution in [-0.4, -0.2) is 52.8 Å². The maximum absolute atomic E-state index is 11.8. The summed E-state index contributed by atoms with van der Waals surface area (Å²) in [5.41, 5.74) is 0.432. The fourth-order valence-electron chi connectivity index (χ4n) is 3.93. The molecule has 1 aromatic carbocycles. The molecule has 2 heterocycles. The average molecular weight is 360 g/mol. The molecule has 144 valence electrons. The standard InChI is InChI=1S/C21H32N2O3/c1-14-18-19(26-21(5,6)20(3,4)25-18)17(22-15(2)24)13-23(14)12-16-10-8-7-9-11-16/h7-11,14,17-19H,12-13H2,1-6H3,(H,22,24)/t14-,17+,18-,19-/m1/s1. The van der Waals surface area contributed by atoms with Crippen molar-refractivity contribution in [3.05, 3.63) is 35.9 Å². The second-order valence-electron chi connectivity index (χ2n) is 8.65. The van der Waals surface area contributed by atoms with Crippen molar-refractivity contribution in [2.45, 2.75) is 83.6 Å². The predicted octanol–water partition coefficient (Wildman–Crippen LogP) is 2.74. The van der Waals surface area contributed by atoms with Crippen LogP contribution in [0.25, 0.3) is 0 Å². The Kier molecular flexibility index (Phi) is 5.17. The topological polar surface area (TPSA) is 50.8 Å². The highest BCUT2D eigenvalue weighted by Crippen LogP contribution is 2.41. The number of fused-ring (bicyclic) bond motifs is 1. The van der Waals surface area contributed by atoms with Crippen LogP contribution in [0.4, 0.5) is 0 Å². The summed E-state index contributed by atoms with van der Waals surface area (Å²) in [6.07, 6.45) is -0.240. The Morgan fingerprint density at radius 1 is 1.12 bits per heavy atom. The van der Waals surface area contributed by atoms with E-state index in [0.29, 0.717) is 0 Å². The summed E-state index contributed by atoms with van der Waals surface area (Å²) < 4.78 is 13.1. The highest BCUT2D eigenvalue weighted by atomic mass is 16.6. The number of carbonyl (C=O) groups excluding carboxylic acids is 1. The van der Waals surface area contributed by atoms with E-state index in [1.807, 2.05) is 6.07 Å². The molecule has 0 radical (unpaired) electrons. The minimum absolute atomic E-state index is 0.0331. The number of hydrogen-bond donors (Lipinski definition) is 1. The molecule has 2 aliphatic rings. The van der Waals surface area contributed by atoms with Gasteiger partial charge in [-0.15, -0.1) is 0 Å². The molecule has 0 saturated carbocycles. The minimum atomic E-state index is -0.424. The fraction of sp³-hybridized carbons (Fsp3) is 0.667. The van der Waals surface area contributed by atoms with Crippen molar-refractivity contribution in [1.82, 2.24) is 10.2 Å². The molecule has 1 N–H and O–H groups in total. The summed E-state index contributed by atoms with van der Waals surface area (Å²) in [7, 11) is 0. The van der Waals surface area contributed by atoms with E-state index in [9.17, 15) is 4.79 Å². The molecule has 0 bridgehead atoms. The quantitative estimate of drug-likeness (QED) is 0.900. The number of amides is 1. The smallest absolute Gasteiger partial charge is 0.217 e. The molecule has 5 nitrogen and oxygen atoms in total. The lowest BCUT2D eigenvalue weighted by molar-refractivity contribution is -0.319. The Hall–Kier alpha value is -1.43. The van der Waals surface area contributed by atoms with Gasteiger partial charge in [0.1, 0.15) is 12.2 Å². The van der Waals surface area contributed by atoms with Crippen molar-refractivity contribution in [1.29, 1.82) is 0 Å². The molecule has 0 aliphatic carbocycles. The highest BCUT2D eigenvalue weighted by Gasteiger charge is 2.55. The van der Waals surface area contributed by atoms with Gasteiger partial charge < -0.3 is 14.8 Å². The average Bonchev–Trinajstić information content (AvgIpc) is 2.54. The summed E-state index contributed by atoms with van der Waals surface area (Å²) in [4.78, 5) is 14.2. The van der Waals surface area contributed by atoms with Gasteiger partial charge in [-0.2, -0.15) is 0 Å². The van der Waals surface area contributed by atoms with Crippen molar-refractivity contribution in [2.24, 2.45) is 0 Å². The molecule has 26 heavy (non-hydrogen) atoms. The van der Waals surface area contributed by atoms with Gasteiger partial charge in [0.25, 0.3) is 0 Å². The second kappa shape index (κ2) is 6.95. The van der Waals surface area contributed by atoms with Crippen LogP contribution in [-0.2, 0) is 20.8 Å². The lowest BCUT2D eigenvalue weighted by Crippen LogP contribution is -2.73. The predicted molar refractivity (Wildman–Crippen MR) is 102 cm³/mol. The Balaban J connectivity index is 1.87. The molecule has 3 rings (SSSR count). The van der Waals surface area contributed by atoms with Crippen LogP contribution in [0, 0.1) is 0 Å². The molecule has 0 unspecified atom stereocenters. The Bertz CT molecular complexity index is 644. The summed E-state index contributed by atoms with van der Waals surface area (Å²) in [6.45, 7) is 13.6.